The highest BCUT2D eigenvalue weighted by Crippen LogP contribution is 2.32. The summed E-state index contributed by atoms with van der Waals surface area (Å²) >= 11 is 0. The molecule has 15 heteroatoms. The van der Waals surface area contributed by atoms with Gasteiger partial charge in [-0.05, 0) is 30.0 Å². The normalized spacial score (nSPS) is 21.1. The Morgan fingerprint density at radius 1 is 1.18 bits per heavy atom. The molecule has 3 aromatic heterocycles. The number of nitrogens with one attached hydrogen (secondary N) is 1. The lowest BCUT2D eigenvalue weighted by molar-refractivity contribution is -0.0510. The van der Waals surface area contributed by atoms with Gasteiger partial charge in [0.25, 0.3) is 0 Å². The van der Waals surface area contributed by atoms with Crippen LogP contribution >= 0.6 is 0 Å². The molecule has 3 saturated heterocycles. The largest absolute Gasteiger partial charge is 0.522 e. The maximum Gasteiger partial charge on any atom is 0.522 e. The number of ether oxygens (including phenoxy) is 1. The molecule has 2 N–H and O–H groups in total. The zero-order chi connectivity index (χ0) is 27.1. The topological polar surface area (TPSA) is 146 Å². The van der Waals surface area contributed by atoms with E-state index in [0.717, 1.165) is 47.7 Å². The second kappa shape index (κ2) is 9.95. The van der Waals surface area contributed by atoms with Gasteiger partial charge in [-0.3, -0.25) is 9.54 Å². The Kier molecular flexibility index (Phi) is 6.82. The van der Waals surface area contributed by atoms with Crippen molar-refractivity contribution in [3.05, 3.63) is 48.1 Å². The minimum atomic E-state index is -5.84. The predicted molar refractivity (Wildman–Crippen MR) is 129 cm³/mol. The predicted octanol–water partition coefficient (Wildman–Crippen LogP) is 2.41. The van der Waals surface area contributed by atoms with E-state index in [1.165, 1.54) is 12.0 Å². The van der Waals surface area contributed by atoms with Crippen LogP contribution in [0.2, 0.25) is 0 Å². The summed E-state index contributed by atoms with van der Waals surface area (Å²) in [7, 11) is -5.84. The third-order valence-electron chi connectivity index (χ3n) is 6.52. The number of nitrogens with zero attached hydrogens (tertiary/aromatic N) is 6. The van der Waals surface area contributed by atoms with Gasteiger partial charge in [-0.2, -0.15) is 31.9 Å². The maximum absolute atomic E-state index is 10.7. The van der Waals surface area contributed by atoms with Crippen LogP contribution in [0.25, 0.3) is 22.3 Å². The van der Waals surface area contributed by atoms with Crippen molar-refractivity contribution >= 4 is 27.0 Å². The summed E-state index contributed by atoms with van der Waals surface area (Å²) in [6, 6.07) is 5.48. The molecule has 4 aliphatic rings. The van der Waals surface area contributed by atoms with E-state index in [2.05, 4.69) is 33.5 Å². The van der Waals surface area contributed by atoms with E-state index >= 15 is 0 Å². The van der Waals surface area contributed by atoms with E-state index < -0.39 is 15.6 Å². The number of nitriles is 1. The van der Waals surface area contributed by atoms with E-state index in [-0.39, 0.29) is 0 Å². The third kappa shape index (κ3) is 5.20. The van der Waals surface area contributed by atoms with Crippen LogP contribution in [-0.4, -0.2) is 76.4 Å². The number of anilines is 1. The lowest BCUT2D eigenvalue weighted by Gasteiger charge is -2.48. The Labute approximate surface area is 215 Å². The maximum atomic E-state index is 10.7. The molecule has 2 bridgehead atoms. The van der Waals surface area contributed by atoms with Crippen LogP contribution < -0.4 is 10.2 Å². The van der Waals surface area contributed by atoms with Gasteiger partial charge in [-0.15, -0.1) is 0 Å². The monoisotopic (exact) mass is 549 g/mol. The average Bonchev–Trinajstić information content (AvgIpc) is 3.31. The smallest absolute Gasteiger partial charge is 0.377 e. The van der Waals surface area contributed by atoms with Gasteiger partial charge in [-0.1, -0.05) is 6.08 Å². The number of pyridine rings is 1. The van der Waals surface area contributed by atoms with Crippen LogP contribution in [0.15, 0.2) is 36.9 Å². The standard InChI is InChI=1S/C22H21N7O.CHF3O3S/c23-7-16-8-26-29-11-15(14-1-3-30-4-2-14)5-19(22(16)29)20-9-25-21(10-24-20)28-12-17-6-18(13-28)27-17;2-1(3,4)8(5,6)7/h1,5,8-11,17-18,27H,2-4,6,12-13H2;(H,5,6,7). The first-order valence-electron chi connectivity index (χ1n) is 11.6. The zero-order valence-electron chi connectivity index (χ0n) is 19.8. The van der Waals surface area contributed by atoms with Gasteiger partial charge >= 0.3 is 15.6 Å². The molecule has 3 fully saturated rings. The van der Waals surface area contributed by atoms with Crippen molar-refractivity contribution in [1.29, 1.82) is 5.26 Å². The van der Waals surface area contributed by atoms with E-state index in [0.29, 0.717) is 30.9 Å². The molecule has 2 atom stereocenters. The van der Waals surface area contributed by atoms with Crippen molar-refractivity contribution in [2.45, 2.75) is 30.4 Å². The summed E-state index contributed by atoms with van der Waals surface area (Å²) in [5.74, 6) is 0.906. The summed E-state index contributed by atoms with van der Waals surface area (Å²) in [5.41, 5.74) is -0.325. The third-order valence-corrected chi connectivity index (χ3v) is 7.10. The Morgan fingerprint density at radius 3 is 2.45 bits per heavy atom. The van der Waals surface area contributed by atoms with Crippen molar-refractivity contribution < 1.29 is 30.9 Å². The van der Waals surface area contributed by atoms with Gasteiger partial charge < -0.3 is 15.0 Å². The summed E-state index contributed by atoms with van der Waals surface area (Å²) < 4.78 is 64.8. The summed E-state index contributed by atoms with van der Waals surface area (Å²) in [6.07, 6.45) is 11.5. The van der Waals surface area contributed by atoms with Crippen LogP contribution in [0.1, 0.15) is 24.0 Å². The first-order chi connectivity index (χ1) is 18.0. The Morgan fingerprint density at radius 2 is 1.89 bits per heavy atom. The number of hydrogen-bond acceptors (Lipinski definition) is 9. The lowest BCUT2D eigenvalue weighted by Crippen LogP contribution is -2.67. The Balaban J connectivity index is 0.000000323. The Hall–Kier alpha value is -3.58. The molecule has 3 aromatic rings. The van der Waals surface area contributed by atoms with Gasteiger partial charge in [0.2, 0.25) is 0 Å². The number of piperazine rings is 1. The van der Waals surface area contributed by atoms with Crippen molar-refractivity contribution in [1.82, 2.24) is 24.9 Å². The van der Waals surface area contributed by atoms with Crippen molar-refractivity contribution in [3.63, 3.8) is 0 Å². The van der Waals surface area contributed by atoms with Gasteiger partial charge in [0.05, 0.1) is 48.6 Å². The molecule has 38 heavy (non-hydrogen) atoms. The molecule has 0 saturated carbocycles. The molecule has 7 heterocycles. The first-order valence-corrected chi connectivity index (χ1v) is 13.0. The van der Waals surface area contributed by atoms with Crippen LogP contribution in [0.5, 0.6) is 0 Å². The van der Waals surface area contributed by atoms with E-state index in [9.17, 15) is 18.4 Å². The molecular weight excluding hydrogens is 527 g/mol. The van der Waals surface area contributed by atoms with Crippen LogP contribution in [0.4, 0.5) is 19.0 Å². The second-order valence-electron chi connectivity index (χ2n) is 9.04. The second-order valence-corrected chi connectivity index (χ2v) is 10.5. The molecule has 2 unspecified atom stereocenters. The fourth-order valence-electron chi connectivity index (χ4n) is 4.69. The SMILES string of the molecule is N#Cc1cnn2cc(C3=CCOCC3)cc(-c3cnc(N4CC5CC(C4)N5)cn3)c12.O=S(=O)(O)C(F)(F)F. The van der Waals surface area contributed by atoms with E-state index in [4.69, 9.17) is 27.7 Å². The van der Waals surface area contributed by atoms with Gasteiger partial charge in [0, 0.05) is 36.9 Å². The minimum absolute atomic E-state index is 0.533. The molecule has 0 spiro atoms. The molecule has 0 aromatic carbocycles. The minimum Gasteiger partial charge on any atom is -0.377 e. The first kappa shape index (κ1) is 26.0. The van der Waals surface area contributed by atoms with E-state index in [1.54, 1.807) is 10.7 Å². The van der Waals surface area contributed by atoms with Crippen molar-refractivity contribution in [3.8, 4) is 17.3 Å². The highest BCUT2D eigenvalue weighted by Gasteiger charge is 2.44. The fourth-order valence-corrected chi connectivity index (χ4v) is 4.69. The summed E-state index contributed by atoms with van der Waals surface area (Å²) in [4.78, 5) is 11.7. The van der Waals surface area contributed by atoms with Crippen LogP contribution in [0.3, 0.4) is 0 Å². The fraction of sp³-hybridized carbons (Fsp3) is 0.391. The van der Waals surface area contributed by atoms with Crippen molar-refractivity contribution in [2.75, 3.05) is 31.2 Å². The molecule has 11 nitrogen and oxygen atoms in total. The number of rotatable bonds is 3. The Bertz CT molecular complexity index is 1520. The average molecular weight is 550 g/mol. The number of hydrogen-bond donors (Lipinski definition) is 2. The molecule has 0 amide bonds. The zero-order valence-corrected chi connectivity index (χ0v) is 20.6. The van der Waals surface area contributed by atoms with Gasteiger partial charge in [0.15, 0.2) is 0 Å². The molecule has 0 aliphatic carbocycles. The highest BCUT2D eigenvalue weighted by atomic mass is 32.2. The van der Waals surface area contributed by atoms with Gasteiger partial charge in [-0.25, -0.2) is 9.50 Å². The highest BCUT2D eigenvalue weighted by molar-refractivity contribution is 7.86. The van der Waals surface area contributed by atoms with Crippen molar-refractivity contribution in [2.24, 2.45) is 0 Å². The van der Waals surface area contributed by atoms with E-state index in [1.807, 2.05) is 18.6 Å². The molecule has 4 aliphatic heterocycles. The molecular formula is C23H22F3N7O4S. The summed E-state index contributed by atoms with van der Waals surface area (Å²) in [6.45, 7) is 3.28. The van der Waals surface area contributed by atoms with Crippen LogP contribution in [0, 0.1) is 11.3 Å². The number of aromatic nitrogens is 4. The number of halogens is 3. The number of fused-ring (bicyclic) bond motifs is 3. The quantitative estimate of drug-likeness (QED) is 0.369. The van der Waals surface area contributed by atoms with Gasteiger partial charge in [0.1, 0.15) is 11.9 Å². The van der Waals surface area contributed by atoms with Crippen LogP contribution in [-0.2, 0) is 14.9 Å². The molecule has 0 radical (unpaired) electrons. The summed E-state index contributed by atoms with van der Waals surface area (Å²) in [5, 5.41) is 17.5. The number of alkyl halides is 3. The molecule has 7 rings (SSSR count). The lowest BCUT2D eigenvalue weighted by atomic mass is 9.91. The molecule has 200 valence electrons. The number of piperidine rings is 1.